The summed E-state index contributed by atoms with van der Waals surface area (Å²) in [4.78, 5) is 11.8. The van der Waals surface area contributed by atoms with Gasteiger partial charge in [0.05, 0.1) is 25.0 Å². The lowest BCUT2D eigenvalue weighted by atomic mass is 10.1. The van der Waals surface area contributed by atoms with E-state index in [1.807, 2.05) is 24.3 Å². The molecule has 1 heterocycles. The van der Waals surface area contributed by atoms with Crippen molar-refractivity contribution in [2.24, 2.45) is 0 Å². The first-order chi connectivity index (χ1) is 9.29. The van der Waals surface area contributed by atoms with Crippen molar-refractivity contribution in [2.75, 3.05) is 13.2 Å². The molecule has 0 spiro atoms. The zero-order chi connectivity index (χ0) is 13.5. The van der Waals surface area contributed by atoms with Crippen LogP contribution >= 0.6 is 0 Å². The Labute approximate surface area is 113 Å². The van der Waals surface area contributed by atoms with Gasteiger partial charge in [0.1, 0.15) is 0 Å². The fraction of sp³-hybridized carbons (Fsp3) is 0.400. The van der Waals surface area contributed by atoms with E-state index < -0.39 is 0 Å². The van der Waals surface area contributed by atoms with Crippen LogP contribution in [0, 0.1) is 0 Å². The minimum absolute atomic E-state index is 0.0355. The van der Waals surface area contributed by atoms with Crippen molar-refractivity contribution in [3.8, 4) is 0 Å². The first-order valence-corrected chi connectivity index (χ1v) is 6.57. The van der Waals surface area contributed by atoms with E-state index in [1.54, 1.807) is 6.26 Å². The van der Waals surface area contributed by atoms with Gasteiger partial charge in [-0.3, -0.25) is 4.79 Å². The summed E-state index contributed by atoms with van der Waals surface area (Å²) < 4.78 is 5.15. The number of benzene rings is 1. The van der Waals surface area contributed by atoms with Crippen molar-refractivity contribution in [3.05, 3.63) is 47.2 Å². The van der Waals surface area contributed by atoms with Gasteiger partial charge in [0.25, 0.3) is 0 Å². The van der Waals surface area contributed by atoms with E-state index in [9.17, 15) is 4.79 Å². The lowest BCUT2D eigenvalue weighted by molar-refractivity contribution is -0.117. The van der Waals surface area contributed by atoms with E-state index in [-0.39, 0.29) is 12.5 Å². The van der Waals surface area contributed by atoms with Crippen LogP contribution in [0.3, 0.4) is 0 Å². The molecule has 2 N–H and O–H groups in total. The van der Waals surface area contributed by atoms with Crippen molar-refractivity contribution in [2.45, 2.75) is 25.9 Å². The summed E-state index contributed by atoms with van der Waals surface area (Å²) in [5, 5.41) is 11.8. The molecule has 102 valence electrons. The predicted octanol–water partition coefficient (Wildman–Crippen LogP) is 1.53. The van der Waals surface area contributed by atoms with Crippen LogP contribution in [0.2, 0.25) is 0 Å². The van der Waals surface area contributed by atoms with E-state index in [0.29, 0.717) is 13.2 Å². The molecule has 0 aliphatic carbocycles. The number of hydrogen-bond donors (Lipinski definition) is 2. The van der Waals surface area contributed by atoms with E-state index in [4.69, 9.17) is 9.84 Å². The van der Waals surface area contributed by atoms with E-state index in [1.165, 1.54) is 0 Å². The maximum absolute atomic E-state index is 11.8. The standard InChI is InChI=1S/C15H19NO3/c17-10-13-5-3-12(4-6-13)7-8-16-15(18)14-2-1-9-19-11-14/h3-6,11,17H,1-2,7-10H2,(H,16,18). The van der Waals surface area contributed by atoms with Gasteiger partial charge < -0.3 is 15.2 Å². The lowest BCUT2D eigenvalue weighted by Gasteiger charge is -2.13. The number of rotatable bonds is 5. The van der Waals surface area contributed by atoms with Gasteiger partial charge in [0, 0.05) is 6.54 Å². The van der Waals surface area contributed by atoms with Crippen LogP contribution in [0.1, 0.15) is 24.0 Å². The van der Waals surface area contributed by atoms with Crippen LogP contribution in [0.15, 0.2) is 36.1 Å². The van der Waals surface area contributed by atoms with Crippen LogP contribution in [0.4, 0.5) is 0 Å². The van der Waals surface area contributed by atoms with Gasteiger partial charge in [-0.15, -0.1) is 0 Å². The minimum Gasteiger partial charge on any atom is -0.501 e. The lowest BCUT2D eigenvalue weighted by Crippen LogP contribution is -2.28. The number of carbonyl (C=O) groups excluding carboxylic acids is 1. The highest BCUT2D eigenvalue weighted by molar-refractivity contribution is 5.93. The molecular formula is C15H19NO3. The molecule has 0 aromatic heterocycles. The van der Waals surface area contributed by atoms with Gasteiger partial charge >= 0.3 is 0 Å². The Hall–Kier alpha value is -1.81. The number of amides is 1. The maximum atomic E-state index is 11.8. The number of hydrogen-bond acceptors (Lipinski definition) is 3. The molecule has 4 heteroatoms. The molecule has 0 unspecified atom stereocenters. The average molecular weight is 261 g/mol. The second-order valence-electron chi connectivity index (χ2n) is 4.60. The van der Waals surface area contributed by atoms with Gasteiger partial charge in [0.2, 0.25) is 5.91 Å². The van der Waals surface area contributed by atoms with Crippen LogP contribution < -0.4 is 5.32 Å². The Morgan fingerprint density at radius 2 is 2.00 bits per heavy atom. The van der Waals surface area contributed by atoms with Crippen LogP contribution in [-0.4, -0.2) is 24.2 Å². The van der Waals surface area contributed by atoms with Gasteiger partial charge in [-0.1, -0.05) is 24.3 Å². The molecule has 0 fully saturated rings. The topological polar surface area (TPSA) is 58.6 Å². The molecule has 1 aliphatic rings. The fourth-order valence-corrected chi connectivity index (χ4v) is 1.98. The molecule has 2 rings (SSSR count). The first kappa shape index (κ1) is 13.6. The number of carbonyl (C=O) groups is 1. The fourth-order valence-electron chi connectivity index (χ4n) is 1.98. The third kappa shape index (κ3) is 4.10. The third-order valence-corrected chi connectivity index (χ3v) is 3.13. The molecule has 1 aromatic rings. The summed E-state index contributed by atoms with van der Waals surface area (Å²) in [6.07, 6.45) is 4.04. The van der Waals surface area contributed by atoms with Crippen molar-refractivity contribution in [3.63, 3.8) is 0 Å². The molecule has 0 bridgehead atoms. The summed E-state index contributed by atoms with van der Waals surface area (Å²) in [5.74, 6) is -0.0355. The Balaban J connectivity index is 1.76. The third-order valence-electron chi connectivity index (χ3n) is 3.13. The molecule has 1 aromatic carbocycles. The van der Waals surface area contributed by atoms with E-state index >= 15 is 0 Å². The first-order valence-electron chi connectivity index (χ1n) is 6.57. The highest BCUT2D eigenvalue weighted by Crippen LogP contribution is 2.11. The largest absolute Gasteiger partial charge is 0.501 e. The average Bonchev–Trinajstić information content (AvgIpc) is 2.49. The molecule has 0 atom stereocenters. The molecule has 19 heavy (non-hydrogen) atoms. The minimum atomic E-state index is -0.0355. The van der Waals surface area contributed by atoms with E-state index in [0.717, 1.165) is 36.0 Å². The normalized spacial score (nSPS) is 14.5. The number of aliphatic hydroxyl groups excluding tert-OH is 1. The molecule has 4 nitrogen and oxygen atoms in total. The molecule has 0 saturated carbocycles. The summed E-state index contributed by atoms with van der Waals surface area (Å²) in [6.45, 7) is 1.37. The Morgan fingerprint density at radius 3 is 2.63 bits per heavy atom. The van der Waals surface area contributed by atoms with Gasteiger partial charge in [-0.05, 0) is 30.4 Å². The zero-order valence-corrected chi connectivity index (χ0v) is 10.9. The van der Waals surface area contributed by atoms with Gasteiger partial charge in [0.15, 0.2) is 0 Å². The summed E-state index contributed by atoms with van der Waals surface area (Å²) in [5.41, 5.74) is 2.77. The number of aliphatic hydroxyl groups is 1. The maximum Gasteiger partial charge on any atom is 0.250 e. The second kappa shape index (κ2) is 6.95. The summed E-state index contributed by atoms with van der Waals surface area (Å²) in [6, 6.07) is 7.74. The van der Waals surface area contributed by atoms with Crippen LogP contribution in [0.5, 0.6) is 0 Å². The highest BCUT2D eigenvalue weighted by Gasteiger charge is 2.12. The quantitative estimate of drug-likeness (QED) is 0.845. The molecule has 0 saturated heterocycles. The summed E-state index contributed by atoms with van der Waals surface area (Å²) in [7, 11) is 0. The number of nitrogens with one attached hydrogen (secondary N) is 1. The Kier molecular flexibility index (Phi) is 4.98. The highest BCUT2D eigenvalue weighted by atomic mass is 16.5. The predicted molar refractivity (Wildman–Crippen MR) is 72.3 cm³/mol. The van der Waals surface area contributed by atoms with Crippen molar-refractivity contribution in [1.29, 1.82) is 0 Å². The number of ether oxygens (including phenoxy) is 1. The van der Waals surface area contributed by atoms with Crippen molar-refractivity contribution < 1.29 is 14.6 Å². The molecule has 1 aliphatic heterocycles. The monoisotopic (exact) mass is 261 g/mol. The van der Waals surface area contributed by atoms with Gasteiger partial charge in [-0.2, -0.15) is 0 Å². The Morgan fingerprint density at radius 1 is 1.26 bits per heavy atom. The van der Waals surface area contributed by atoms with Crippen LogP contribution in [-0.2, 0) is 22.6 Å². The van der Waals surface area contributed by atoms with Crippen molar-refractivity contribution in [1.82, 2.24) is 5.32 Å². The summed E-state index contributed by atoms with van der Waals surface area (Å²) >= 11 is 0. The SMILES string of the molecule is O=C(NCCc1ccc(CO)cc1)C1=COCCC1. The molecule has 0 radical (unpaired) electrons. The van der Waals surface area contributed by atoms with Crippen LogP contribution in [0.25, 0.3) is 0 Å². The molecular weight excluding hydrogens is 242 g/mol. The Bertz CT molecular complexity index is 451. The van der Waals surface area contributed by atoms with E-state index in [2.05, 4.69) is 5.32 Å². The van der Waals surface area contributed by atoms with Crippen molar-refractivity contribution >= 4 is 5.91 Å². The molecule has 1 amide bonds. The van der Waals surface area contributed by atoms with Gasteiger partial charge in [-0.25, -0.2) is 0 Å². The smallest absolute Gasteiger partial charge is 0.250 e. The zero-order valence-electron chi connectivity index (χ0n) is 10.9. The second-order valence-corrected chi connectivity index (χ2v) is 4.60.